The van der Waals surface area contributed by atoms with Crippen molar-refractivity contribution in [2.75, 3.05) is 31.1 Å². The van der Waals surface area contributed by atoms with Crippen LogP contribution in [-0.2, 0) is 11.2 Å². The zero-order chi connectivity index (χ0) is 17.6. The van der Waals surface area contributed by atoms with Crippen LogP contribution in [0.2, 0.25) is 0 Å². The summed E-state index contributed by atoms with van der Waals surface area (Å²) in [5, 5.41) is 17.2. The minimum Gasteiger partial charge on any atom is -0.478 e. The van der Waals surface area contributed by atoms with Crippen molar-refractivity contribution in [1.29, 1.82) is 0 Å². The van der Waals surface area contributed by atoms with E-state index in [0.29, 0.717) is 31.5 Å². The van der Waals surface area contributed by atoms with Gasteiger partial charge >= 0.3 is 5.97 Å². The van der Waals surface area contributed by atoms with Gasteiger partial charge in [-0.25, -0.2) is 4.79 Å². The maximum atomic E-state index is 12.4. The highest BCUT2D eigenvalue weighted by Gasteiger charge is 2.22. The van der Waals surface area contributed by atoms with Gasteiger partial charge in [-0.3, -0.25) is 4.79 Å². The Labute approximate surface area is 145 Å². The molecule has 25 heavy (non-hydrogen) atoms. The van der Waals surface area contributed by atoms with E-state index in [1.165, 1.54) is 0 Å². The van der Waals surface area contributed by atoms with E-state index in [1.807, 2.05) is 17.0 Å². The predicted octanol–water partition coefficient (Wildman–Crippen LogP) is 1.46. The fourth-order valence-electron chi connectivity index (χ4n) is 2.99. The quantitative estimate of drug-likeness (QED) is 0.887. The van der Waals surface area contributed by atoms with E-state index in [0.717, 1.165) is 18.9 Å². The highest BCUT2D eigenvalue weighted by atomic mass is 16.4. The molecule has 0 saturated carbocycles. The first-order valence-electron chi connectivity index (χ1n) is 8.27. The predicted molar refractivity (Wildman–Crippen MR) is 92.5 cm³/mol. The third-order valence-electron chi connectivity index (χ3n) is 4.37. The molecule has 1 fully saturated rings. The number of hydrogen-bond donors (Lipinski definition) is 1. The summed E-state index contributed by atoms with van der Waals surface area (Å²) < 4.78 is 0. The topological polar surface area (TPSA) is 86.6 Å². The van der Waals surface area contributed by atoms with Crippen LogP contribution in [0.1, 0.15) is 22.3 Å². The van der Waals surface area contributed by atoms with Crippen molar-refractivity contribution >= 4 is 17.7 Å². The number of amides is 1. The molecule has 7 nitrogen and oxygen atoms in total. The van der Waals surface area contributed by atoms with Gasteiger partial charge in [0.1, 0.15) is 0 Å². The molecule has 0 bridgehead atoms. The standard InChI is InChI=1S/C18H20N4O3/c23-17(8-7-14-4-1-2-5-15(14)18(24)25)22-12-10-21(11-13-22)16-6-3-9-19-20-16/h1-6,9H,7-8,10-13H2,(H,24,25). The smallest absolute Gasteiger partial charge is 0.335 e. The maximum Gasteiger partial charge on any atom is 0.335 e. The van der Waals surface area contributed by atoms with Gasteiger partial charge in [-0.05, 0) is 30.2 Å². The largest absolute Gasteiger partial charge is 0.478 e. The number of aromatic nitrogens is 2. The number of nitrogens with zero attached hydrogens (tertiary/aromatic N) is 4. The zero-order valence-corrected chi connectivity index (χ0v) is 13.8. The van der Waals surface area contributed by atoms with Crippen LogP contribution < -0.4 is 4.90 Å². The number of rotatable bonds is 5. The first kappa shape index (κ1) is 16.9. The second kappa shape index (κ2) is 7.74. The summed E-state index contributed by atoms with van der Waals surface area (Å²) in [6, 6.07) is 10.6. The monoisotopic (exact) mass is 340 g/mol. The van der Waals surface area contributed by atoms with Crippen LogP contribution in [0.15, 0.2) is 42.6 Å². The van der Waals surface area contributed by atoms with Crippen LogP contribution in [0.3, 0.4) is 0 Å². The number of piperazine rings is 1. The number of aromatic carboxylic acids is 1. The van der Waals surface area contributed by atoms with Crippen molar-refractivity contribution in [3.8, 4) is 0 Å². The molecule has 1 saturated heterocycles. The maximum absolute atomic E-state index is 12.4. The minimum absolute atomic E-state index is 0.0546. The van der Waals surface area contributed by atoms with Crippen LogP contribution in [0.5, 0.6) is 0 Å². The van der Waals surface area contributed by atoms with Gasteiger partial charge in [-0.1, -0.05) is 18.2 Å². The summed E-state index contributed by atoms with van der Waals surface area (Å²) >= 11 is 0. The molecule has 0 spiro atoms. The van der Waals surface area contributed by atoms with E-state index < -0.39 is 5.97 Å². The molecule has 1 aliphatic rings. The normalized spacial score (nSPS) is 14.4. The van der Waals surface area contributed by atoms with Crippen LogP contribution in [0, 0.1) is 0 Å². The number of carbonyl (C=O) groups excluding carboxylic acids is 1. The molecule has 1 N–H and O–H groups in total. The van der Waals surface area contributed by atoms with Crippen molar-refractivity contribution in [1.82, 2.24) is 15.1 Å². The SMILES string of the molecule is O=C(O)c1ccccc1CCC(=O)N1CCN(c2cccnn2)CC1. The highest BCUT2D eigenvalue weighted by molar-refractivity contribution is 5.89. The molecule has 0 unspecified atom stereocenters. The van der Waals surface area contributed by atoms with Gasteiger partial charge in [-0.15, -0.1) is 5.10 Å². The molecule has 1 aromatic carbocycles. The average Bonchev–Trinajstić information content (AvgIpc) is 2.67. The van der Waals surface area contributed by atoms with E-state index in [-0.39, 0.29) is 11.5 Å². The third kappa shape index (κ3) is 4.12. The summed E-state index contributed by atoms with van der Waals surface area (Å²) in [5.74, 6) is -0.0791. The Morgan fingerprint density at radius 3 is 2.48 bits per heavy atom. The molecule has 7 heteroatoms. The van der Waals surface area contributed by atoms with Gasteiger partial charge in [0.05, 0.1) is 5.56 Å². The fourth-order valence-corrected chi connectivity index (χ4v) is 2.99. The van der Waals surface area contributed by atoms with E-state index in [9.17, 15) is 14.7 Å². The summed E-state index contributed by atoms with van der Waals surface area (Å²) in [6.07, 6.45) is 2.39. The van der Waals surface area contributed by atoms with Gasteiger partial charge in [-0.2, -0.15) is 5.10 Å². The van der Waals surface area contributed by atoms with Gasteiger partial charge in [0, 0.05) is 38.8 Å². The number of hydrogen-bond acceptors (Lipinski definition) is 5. The molecule has 1 aromatic heterocycles. The lowest BCUT2D eigenvalue weighted by Crippen LogP contribution is -2.49. The van der Waals surface area contributed by atoms with E-state index in [4.69, 9.17) is 0 Å². The molecule has 2 heterocycles. The van der Waals surface area contributed by atoms with Crippen LogP contribution in [-0.4, -0.2) is 58.3 Å². The van der Waals surface area contributed by atoms with Gasteiger partial charge in [0.25, 0.3) is 0 Å². The van der Waals surface area contributed by atoms with Gasteiger partial charge < -0.3 is 14.9 Å². The number of aryl methyl sites for hydroxylation is 1. The number of carbonyl (C=O) groups is 2. The number of carboxylic acids is 1. The van der Waals surface area contributed by atoms with E-state index in [2.05, 4.69) is 15.1 Å². The third-order valence-corrected chi connectivity index (χ3v) is 4.37. The Hall–Kier alpha value is -2.96. The van der Waals surface area contributed by atoms with Crippen molar-refractivity contribution < 1.29 is 14.7 Å². The lowest BCUT2D eigenvalue weighted by molar-refractivity contribution is -0.131. The number of anilines is 1. The summed E-state index contributed by atoms with van der Waals surface area (Å²) in [5.41, 5.74) is 0.962. The molecular formula is C18H20N4O3. The minimum atomic E-state index is -0.958. The number of benzene rings is 1. The summed E-state index contributed by atoms with van der Waals surface area (Å²) in [4.78, 5) is 27.6. The summed E-state index contributed by atoms with van der Waals surface area (Å²) in [7, 11) is 0. The molecule has 3 rings (SSSR count). The van der Waals surface area contributed by atoms with Crippen LogP contribution in [0.4, 0.5) is 5.82 Å². The van der Waals surface area contributed by atoms with Crippen molar-refractivity contribution in [2.45, 2.75) is 12.8 Å². The molecule has 0 aliphatic carbocycles. The first-order valence-corrected chi connectivity index (χ1v) is 8.27. The molecule has 1 amide bonds. The molecule has 0 atom stereocenters. The lowest BCUT2D eigenvalue weighted by Gasteiger charge is -2.35. The Morgan fingerprint density at radius 2 is 1.80 bits per heavy atom. The Balaban J connectivity index is 1.53. The molecule has 1 aliphatic heterocycles. The van der Waals surface area contributed by atoms with Crippen LogP contribution >= 0.6 is 0 Å². The molecule has 2 aromatic rings. The highest BCUT2D eigenvalue weighted by Crippen LogP contribution is 2.15. The Kier molecular flexibility index (Phi) is 5.23. The van der Waals surface area contributed by atoms with Crippen molar-refractivity contribution in [3.63, 3.8) is 0 Å². The zero-order valence-electron chi connectivity index (χ0n) is 13.8. The van der Waals surface area contributed by atoms with E-state index >= 15 is 0 Å². The summed E-state index contributed by atoms with van der Waals surface area (Å²) in [6.45, 7) is 2.71. The second-order valence-corrected chi connectivity index (χ2v) is 5.91. The molecule has 0 radical (unpaired) electrons. The van der Waals surface area contributed by atoms with Crippen LogP contribution in [0.25, 0.3) is 0 Å². The van der Waals surface area contributed by atoms with Crippen molar-refractivity contribution in [2.24, 2.45) is 0 Å². The molecular weight excluding hydrogens is 320 g/mol. The Bertz CT molecular complexity index is 743. The van der Waals surface area contributed by atoms with Crippen molar-refractivity contribution in [3.05, 3.63) is 53.7 Å². The fraction of sp³-hybridized carbons (Fsp3) is 0.333. The van der Waals surface area contributed by atoms with E-state index in [1.54, 1.807) is 30.5 Å². The van der Waals surface area contributed by atoms with Gasteiger partial charge in [0.15, 0.2) is 5.82 Å². The Morgan fingerprint density at radius 1 is 1.04 bits per heavy atom. The molecule has 130 valence electrons. The first-order chi connectivity index (χ1) is 12.1. The number of carboxylic acid groups (broad SMARTS) is 1. The van der Waals surface area contributed by atoms with Gasteiger partial charge in [0.2, 0.25) is 5.91 Å². The lowest BCUT2D eigenvalue weighted by atomic mass is 10.0. The second-order valence-electron chi connectivity index (χ2n) is 5.91. The average molecular weight is 340 g/mol.